The molecule has 0 saturated heterocycles. The van der Waals surface area contributed by atoms with Crippen molar-refractivity contribution in [2.45, 2.75) is 12.6 Å². The molecule has 0 aliphatic rings. The van der Waals surface area contributed by atoms with Crippen LogP contribution in [0.15, 0.2) is 64.9 Å². The van der Waals surface area contributed by atoms with Crippen LogP contribution in [-0.4, -0.2) is 27.7 Å². The Kier molecular flexibility index (Phi) is 5.80. The standard InChI is InChI=1S/C21H21N5O3S/c1-26-10-9-22-19(26)18(15-6-3-4-7-16(15)28-2)25-21(27)23-12-14-13-29-20(24-14)17-8-5-11-30-17/h3-11,13,18H,12H2,1-2H3,(H2,23,25,27)/t18-/m0/s1. The normalized spacial score (nSPS) is 11.8. The molecule has 4 aromatic rings. The van der Waals surface area contributed by atoms with Crippen LogP contribution >= 0.6 is 11.3 Å². The van der Waals surface area contributed by atoms with Gasteiger partial charge in [0.15, 0.2) is 0 Å². The molecular weight excluding hydrogens is 402 g/mol. The molecule has 0 radical (unpaired) electrons. The second-order valence-corrected chi connectivity index (χ2v) is 7.47. The number of rotatable bonds is 7. The number of imidazole rings is 1. The number of aromatic nitrogens is 3. The molecule has 0 aliphatic heterocycles. The summed E-state index contributed by atoms with van der Waals surface area (Å²) in [4.78, 5) is 22.5. The molecule has 4 rings (SSSR count). The Morgan fingerprint density at radius 1 is 1.30 bits per heavy atom. The number of nitrogens with zero attached hydrogens (tertiary/aromatic N) is 3. The third-order valence-corrected chi connectivity index (χ3v) is 5.41. The zero-order valence-electron chi connectivity index (χ0n) is 16.5. The van der Waals surface area contributed by atoms with Gasteiger partial charge in [0.05, 0.1) is 24.2 Å². The van der Waals surface area contributed by atoms with E-state index in [2.05, 4.69) is 20.6 Å². The Bertz CT molecular complexity index is 1120. The van der Waals surface area contributed by atoms with Gasteiger partial charge in [0, 0.05) is 25.0 Å². The first-order valence-electron chi connectivity index (χ1n) is 9.28. The molecule has 9 heteroatoms. The summed E-state index contributed by atoms with van der Waals surface area (Å²) >= 11 is 1.55. The van der Waals surface area contributed by atoms with Crippen molar-refractivity contribution >= 4 is 17.4 Å². The number of thiophene rings is 1. The van der Waals surface area contributed by atoms with Crippen molar-refractivity contribution in [3.05, 3.63) is 77.5 Å². The highest BCUT2D eigenvalue weighted by Crippen LogP contribution is 2.29. The van der Waals surface area contributed by atoms with Crippen molar-refractivity contribution < 1.29 is 13.9 Å². The van der Waals surface area contributed by atoms with Crippen molar-refractivity contribution in [3.63, 3.8) is 0 Å². The van der Waals surface area contributed by atoms with Gasteiger partial charge in [-0.05, 0) is 17.5 Å². The summed E-state index contributed by atoms with van der Waals surface area (Å²) in [5.74, 6) is 1.90. The van der Waals surface area contributed by atoms with Crippen LogP contribution in [0.4, 0.5) is 4.79 Å². The van der Waals surface area contributed by atoms with E-state index in [4.69, 9.17) is 9.15 Å². The lowest BCUT2D eigenvalue weighted by Crippen LogP contribution is -2.39. The zero-order chi connectivity index (χ0) is 20.9. The molecule has 3 heterocycles. The minimum absolute atomic E-state index is 0.236. The molecule has 154 valence electrons. The van der Waals surface area contributed by atoms with Gasteiger partial charge in [0.2, 0.25) is 5.89 Å². The number of oxazole rings is 1. The van der Waals surface area contributed by atoms with Crippen molar-refractivity contribution in [2.24, 2.45) is 7.05 Å². The van der Waals surface area contributed by atoms with E-state index in [0.717, 1.165) is 10.4 Å². The maximum atomic E-state index is 12.7. The first-order valence-corrected chi connectivity index (χ1v) is 10.2. The summed E-state index contributed by atoms with van der Waals surface area (Å²) in [5.41, 5.74) is 1.45. The van der Waals surface area contributed by atoms with Crippen LogP contribution < -0.4 is 15.4 Å². The summed E-state index contributed by atoms with van der Waals surface area (Å²) in [6.45, 7) is 0.236. The highest BCUT2D eigenvalue weighted by molar-refractivity contribution is 7.13. The maximum absolute atomic E-state index is 12.7. The van der Waals surface area contributed by atoms with Gasteiger partial charge in [-0.3, -0.25) is 0 Å². The van der Waals surface area contributed by atoms with Crippen LogP contribution in [-0.2, 0) is 13.6 Å². The predicted molar refractivity (Wildman–Crippen MR) is 113 cm³/mol. The van der Waals surface area contributed by atoms with Crippen LogP contribution in [0.2, 0.25) is 0 Å². The molecule has 0 aliphatic carbocycles. The smallest absolute Gasteiger partial charge is 0.315 e. The monoisotopic (exact) mass is 423 g/mol. The first-order chi connectivity index (χ1) is 14.7. The number of hydrogen-bond acceptors (Lipinski definition) is 6. The fourth-order valence-electron chi connectivity index (χ4n) is 3.10. The molecular formula is C21H21N5O3S. The van der Waals surface area contributed by atoms with Gasteiger partial charge in [-0.2, -0.15) is 0 Å². The molecule has 1 aromatic carbocycles. The van der Waals surface area contributed by atoms with Crippen LogP contribution in [0.1, 0.15) is 23.1 Å². The van der Waals surface area contributed by atoms with E-state index >= 15 is 0 Å². The number of urea groups is 1. The van der Waals surface area contributed by atoms with Crippen molar-refractivity contribution in [1.82, 2.24) is 25.2 Å². The van der Waals surface area contributed by atoms with Crippen LogP contribution in [0, 0.1) is 0 Å². The number of nitrogens with one attached hydrogen (secondary N) is 2. The van der Waals surface area contributed by atoms with E-state index in [1.54, 1.807) is 30.9 Å². The Hall–Kier alpha value is -3.59. The predicted octanol–water partition coefficient (Wildman–Crippen LogP) is 3.73. The third-order valence-electron chi connectivity index (χ3n) is 4.56. The Labute approximate surface area is 177 Å². The average molecular weight is 423 g/mol. The van der Waals surface area contributed by atoms with E-state index in [1.165, 1.54) is 0 Å². The number of carbonyl (C=O) groups is 1. The number of amides is 2. The lowest BCUT2D eigenvalue weighted by atomic mass is 10.0. The van der Waals surface area contributed by atoms with Gasteiger partial charge in [-0.25, -0.2) is 14.8 Å². The van der Waals surface area contributed by atoms with Crippen molar-refractivity contribution in [2.75, 3.05) is 7.11 Å². The average Bonchev–Trinajstić information content (AvgIpc) is 3.52. The highest BCUT2D eigenvalue weighted by Gasteiger charge is 2.23. The summed E-state index contributed by atoms with van der Waals surface area (Å²) in [6.07, 6.45) is 5.07. The Morgan fingerprint density at radius 2 is 2.17 bits per heavy atom. The quantitative estimate of drug-likeness (QED) is 0.472. The lowest BCUT2D eigenvalue weighted by molar-refractivity contribution is 0.237. The second kappa shape index (κ2) is 8.83. The van der Waals surface area contributed by atoms with Crippen LogP contribution in [0.3, 0.4) is 0 Å². The van der Waals surface area contributed by atoms with Gasteiger partial charge in [0.25, 0.3) is 0 Å². The van der Waals surface area contributed by atoms with Crippen molar-refractivity contribution in [3.8, 4) is 16.5 Å². The second-order valence-electron chi connectivity index (χ2n) is 6.52. The molecule has 0 spiro atoms. The van der Waals surface area contributed by atoms with E-state index in [0.29, 0.717) is 23.2 Å². The molecule has 0 fully saturated rings. The topological polar surface area (TPSA) is 94.2 Å². The number of para-hydroxylation sites is 1. The number of benzene rings is 1. The van der Waals surface area contributed by atoms with Gasteiger partial charge in [-0.1, -0.05) is 24.3 Å². The fourth-order valence-corrected chi connectivity index (χ4v) is 3.75. The largest absolute Gasteiger partial charge is 0.496 e. The molecule has 0 unspecified atom stereocenters. The summed E-state index contributed by atoms with van der Waals surface area (Å²) in [7, 11) is 3.48. The third kappa shape index (κ3) is 4.20. The van der Waals surface area contributed by atoms with Gasteiger partial charge in [-0.15, -0.1) is 11.3 Å². The SMILES string of the molecule is COc1ccccc1[C@H](NC(=O)NCc1coc(-c2cccs2)n1)c1nccn1C. The van der Waals surface area contributed by atoms with Gasteiger partial charge >= 0.3 is 6.03 Å². The van der Waals surface area contributed by atoms with E-state index in [1.807, 2.05) is 59.6 Å². The molecule has 1 atom stereocenters. The summed E-state index contributed by atoms with van der Waals surface area (Å²) in [5, 5.41) is 7.77. The first kappa shape index (κ1) is 19.7. The van der Waals surface area contributed by atoms with E-state index < -0.39 is 6.04 Å². The van der Waals surface area contributed by atoms with E-state index in [9.17, 15) is 4.79 Å². The molecule has 2 amide bonds. The summed E-state index contributed by atoms with van der Waals surface area (Å²) in [6, 6.07) is 10.6. The minimum Gasteiger partial charge on any atom is -0.496 e. The lowest BCUT2D eigenvalue weighted by Gasteiger charge is -2.21. The molecule has 0 bridgehead atoms. The Balaban J connectivity index is 1.48. The summed E-state index contributed by atoms with van der Waals surface area (Å²) < 4.78 is 12.8. The van der Waals surface area contributed by atoms with Gasteiger partial charge < -0.3 is 24.4 Å². The minimum atomic E-state index is -0.486. The molecule has 0 saturated carbocycles. The Morgan fingerprint density at radius 3 is 2.90 bits per heavy atom. The molecule has 30 heavy (non-hydrogen) atoms. The molecule has 3 aromatic heterocycles. The van der Waals surface area contributed by atoms with Gasteiger partial charge in [0.1, 0.15) is 23.9 Å². The maximum Gasteiger partial charge on any atom is 0.315 e. The molecule has 8 nitrogen and oxygen atoms in total. The number of hydrogen-bond donors (Lipinski definition) is 2. The zero-order valence-corrected chi connectivity index (χ0v) is 17.3. The van der Waals surface area contributed by atoms with Crippen LogP contribution in [0.5, 0.6) is 5.75 Å². The number of ether oxygens (including phenoxy) is 1. The highest BCUT2D eigenvalue weighted by atomic mass is 32.1. The number of methoxy groups -OCH3 is 1. The number of aryl methyl sites for hydroxylation is 1. The molecule has 2 N–H and O–H groups in total. The number of carbonyl (C=O) groups excluding carboxylic acids is 1. The van der Waals surface area contributed by atoms with Crippen LogP contribution in [0.25, 0.3) is 10.8 Å². The van der Waals surface area contributed by atoms with Crippen molar-refractivity contribution in [1.29, 1.82) is 0 Å². The fraction of sp³-hybridized carbons (Fsp3) is 0.190. The van der Waals surface area contributed by atoms with E-state index in [-0.39, 0.29) is 12.6 Å².